The summed E-state index contributed by atoms with van der Waals surface area (Å²) < 4.78 is 26.9. The fourth-order valence-electron chi connectivity index (χ4n) is 12.1. The van der Waals surface area contributed by atoms with Gasteiger partial charge < -0.3 is 54.3 Å². The van der Waals surface area contributed by atoms with Gasteiger partial charge in [-0.2, -0.15) is 30.8 Å². The quantitative estimate of drug-likeness (QED) is 0.0192. The second-order valence-electron chi connectivity index (χ2n) is 26.9. The van der Waals surface area contributed by atoms with Crippen LogP contribution in [0.4, 0.5) is 0 Å². The average molecular weight is 1810 g/mol. The molecular formula is C96H70Cl5N11O16. The minimum absolute atomic E-state index is 0.0390. The number of ether oxygens (including phenoxy) is 5. The van der Waals surface area contributed by atoms with Gasteiger partial charge in [0, 0.05) is 55.5 Å². The van der Waals surface area contributed by atoms with Crippen LogP contribution in [0.1, 0.15) is 79.6 Å². The Morgan fingerprint density at radius 2 is 0.781 bits per heavy atom. The van der Waals surface area contributed by atoms with E-state index in [4.69, 9.17) is 87.0 Å². The smallest absolute Gasteiger partial charge is 0.271 e. The molecule has 0 unspecified atom stereocenters. The lowest BCUT2D eigenvalue weighted by Crippen LogP contribution is -2.17. The van der Waals surface area contributed by atoms with E-state index in [-0.39, 0.29) is 95.3 Å². The van der Waals surface area contributed by atoms with Crippen LogP contribution in [0.15, 0.2) is 311 Å². The van der Waals surface area contributed by atoms with Gasteiger partial charge in [0.05, 0.1) is 63.3 Å². The minimum Gasteiger partial charge on any atom is -0.507 e. The molecule has 1 aliphatic heterocycles. The van der Waals surface area contributed by atoms with Crippen LogP contribution in [0.3, 0.4) is 0 Å². The number of carbonyl (C=O) groups excluding carboxylic acids is 5. The van der Waals surface area contributed by atoms with Gasteiger partial charge in [0.25, 0.3) is 29.5 Å². The van der Waals surface area contributed by atoms with E-state index in [1.54, 1.807) is 61.9 Å². The molecule has 0 aromatic heterocycles. The number of rotatable bonds is 20. The number of nitrogens with zero attached hydrogens (tertiary/aromatic N) is 6. The third kappa shape index (κ3) is 24.4. The molecular weight excluding hydrogens is 1740 g/mol. The monoisotopic (exact) mass is 1810 g/mol. The Morgan fingerprint density at radius 1 is 0.367 bits per heavy atom. The highest BCUT2D eigenvalue weighted by Gasteiger charge is 2.19. The molecule has 0 radical (unpaired) electrons. The van der Waals surface area contributed by atoms with E-state index in [9.17, 15) is 54.6 Å². The molecule has 1 aliphatic rings. The van der Waals surface area contributed by atoms with E-state index in [1.807, 2.05) is 133 Å². The Kier molecular flexibility index (Phi) is 31.4. The van der Waals surface area contributed by atoms with Crippen LogP contribution in [0.5, 0.6) is 69.0 Å². The van der Waals surface area contributed by atoms with Gasteiger partial charge in [0.2, 0.25) is 6.79 Å². The van der Waals surface area contributed by atoms with Crippen LogP contribution in [-0.4, -0.2) is 112 Å². The summed E-state index contributed by atoms with van der Waals surface area (Å²) in [5.74, 6) is 1.30. The second-order valence-corrected chi connectivity index (χ2v) is 28.9. The summed E-state index contributed by atoms with van der Waals surface area (Å²) in [4.78, 5) is 60.3. The van der Waals surface area contributed by atoms with Crippen molar-refractivity contribution in [2.75, 3.05) is 20.5 Å². The van der Waals surface area contributed by atoms with Crippen LogP contribution in [0.2, 0.25) is 25.1 Å². The number of carbonyl (C=O) groups is 5. The fraction of sp³-hybridized carbons (Fsp3) is 0.0312. The molecule has 128 heavy (non-hydrogen) atoms. The summed E-state index contributed by atoms with van der Waals surface area (Å²) in [5, 5.41) is 93.9. The second kappa shape index (κ2) is 44.2. The number of para-hydroxylation sites is 1. The van der Waals surface area contributed by atoms with Gasteiger partial charge in [0.1, 0.15) is 63.6 Å². The van der Waals surface area contributed by atoms with Crippen molar-refractivity contribution in [3.8, 4) is 75.1 Å². The number of fused-ring (bicyclic) bond motifs is 6. The van der Waals surface area contributed by atoms with Crippen molar-refractivity contribution in [3.63, 3.8) is 0 Å². The number of methoxy groups -OCH3 is 1. The van der Waals surface area contributed by atoms with Crippen molar-refractivity contribution in [1.29, 1.82) is 5.26 Å². The summed E-state index contributed by atoms with van der Waals surface area (Å²) in [5.41, 5.74) is 17.1. The molecule has 0 saturated carbocycles. The zero-order valence-electron chi connectivity index (χ0n) is 66.8. The third-order valence-electron chi connectivity index (χ3n) is 18.4. The SMILES string of the molecule is COc1ccc(Oc2cccc(/C=N/NC(=O)c3ccc(O)c(Cl)c3)c2)cc1.N#CCOc1ccc(/C=N/NC(=O)c2ccc(O)c(Cl)c2)c2ccccc12.O=C(N/N=C/c1c(O)ccc2ccccc12)c1ccc(O)c(Cl)c1.O=C(N/N=C/c1cc2ccccc2c2ccccc12)c1ccc(O)c(Cl)c1.O=C(N/N=C/c1cccc2c1OCO2)c1ccc(O)c(Cl)c1. The Balaban J connectivity index is 0.000000145. The number of hydrazone groups is 5. The Labute approximate surface area is 754 Å². The van der Waals surface area contributed by atoms with Crippen LogP contribution in [0.25, 0.3) is 43.1 Å². The van der Waals surface area contributed by atoms with Gasteiger partial charge in [-0.05, 0) is 207 Å². The van der Waals surface area contributed by atoms with Gasteiger partial charge in [-0.1, -0.05) is 179 Å². The number of amides is 5. The maximum Gasteiger partial charge on any atom is 0.271 e. The molecule has 5 amide bonds. The predicted molar refractivity (Wildman–Crippen MR) is 495 cm³/mol. The first-order valence-corrected chi connectivity index (χ1v) is 39.9. The first-order chi connectivity index (χ1) is 62.0. The van der Waals surface area contributed by atoms with Gasteiger partial charge in [0.15, 0.2) is 18.1 Å². The number of hydrogen-bond donors (Lipinski definition) is 11. The standard InChI is InChI=1S/C22H15ClN2O2.C21H17ClN2O4.C20H14ClN3O3.C18H13ClN2O3.C15H11ClN2O4/c23-20-12-15(9-10-21(20)26)22(27)25-24-13-16-11-14-5-1-2-6-17(14)19-8-4-3-7-18(16)19;1-27-16-6-8-17(9-7-16)28-18-4-2-3-14(11-18)13-23-24-21(26)15-5-10-20(25)19(22)12-15;21-17-11-13(5-7-18(17)25)20(26)24-23-12-14-6-8-19(27-10-9-22)16-4-2-1-3-15(14)16;19-15-9-12(6-8-17(15)23)18(24)21-20-10-14-13-4-2-1-3-11(13)5-7-16(14)22;16-11-6-9(4-5-12(11)19)15(20)18-17-7-10-2-1-3-13-14(10)22-8-21-13/h1-13,26H,(H,25,27);2-13,25H,1H3,(H,24,26);1-8,11-12,25H,10H2,(H,24,26);1-10,22-23H,(H,21,24);1-7,19H,8H2,(H,18,20)/b24-13+;23-13+;23-12+;20-10+;17-7+. The number of halogens is 5. The molecule has 0 fully saturated rings. The molecule has 640 valence electrons. The average Bonchev–Trinajstić information content (AvgIpc) is 0.885. The van der Waals surface area contributed by atoms with E-state index in [1.165, 1.54) is 121 Å². The Morgan fingerprint density at radius 3 is 1.28 bits per heavy atom. The number of nitrogens with one attached hydrogen (secondary N) is 5. The number of hydrogen-bond acceptors (Lipinski definition) is 22. The predicted octanol–water partition coefficient (Wildman–Crippen LogP) is 19.8. The number of phenolic OH excluding ortho intramolecular Hbond substituents is 6. The molecule has 27 nitrogen and oxygen atoms in total. The molecule has 16 rings (SSSR count). The van der Waals surface area contributed by atoms with E-state index < -0.39 is 29.5 Å². The van der Waals surface area contributed by atoms with E-state index in [2.05, 4.69) is 70.8 Å². The van der Waals surface area contributed by atoms with Crippen molar-refractivity contribution in [1.82, 2.24) is 27.1 Å². The zero-order chi connectivity index (χ0) is 90.6. The van der Waals surface area contributed by atoms with Gasteiger partial charge in [-0.25, -0.2) is 27.1 Å². The van der Waals surface area contributed by atoms with Crippen LogP contribution >= 0.6 is 58.0 Å². The molecule has 0 atom stereocenters. The lowest BCUT2D eigenvalue weighted by Gasteiger charge is -2.08. The third-order valence-corrected chi connectivity index (χ3v) is 19.9. The van der Waals surface area contributed by atoms with Crippen LogP contribution in [-0.2, 0) is 0 Å². The van der Waals surface area contributed by atoms with E-state index in [0.717, 1.165) is 60.1 Å². The Bertz CT molecular complexity index is 6880. The molecule has 1 heterocycles. The molecule has 11 N–H and O–H groups in total. The molecule has 0 aliphatic carbocycles. The van der Waals surface area contributed by atoms with Crippen molar-refractivity contribution in [2.24, 2.45) is 25.5 Å². The highest BCUT2D eigenvalue weighted by atomic mass is 35.5. The van der Waals surface area contributed by atoms with Crippen molar-refractivity contribution >= 4 is 162 Å². The largest absolute Gasteiger partial charge is 0.507 e. The Hall–Kier alpha value is -16.2. The number of aromatic hydroxyl groups is 6. The highest BCUT2D eigenvalue weighted by molar-refractivity contribution is 6.34. The van der Waals surface area contributed by atoms with E-state index >= 15 is 0 Å². The van der Waals surface area contributed by atoms with Crippen molar-refractivity contribution < 1.29 is 78.3 Å². The maximum absolute atomic E-state index is 12.2. The first kappa shape index (κ1) is 91.0. The van der Waals surface area contributed by atoms with Gasteiger partial charge >= 0.3 is 0 Å². The summed E-state index contributed by atoms with van der Waals surface area (Å²) in [6, 6.07) is 82.9. The highest BCUT2D eigenvalue weighted by Crippen LogP contribution is 2.36. The first-order valence-electron chi connectivity index (χ1n) is 38.0. The lowest BCUT2D eigenvalue weighted by atomic mass is 9.98. The van der Waals surface area contributed by atoms with Crippen molar-refractivity contribution in [3.05, 3.63) is 366 Å². The normalized spacial score (nSPS) is 11.2. The number of nitriles is 1. The molecule has 0 bridgehead atoms. The topological polar surface area (TPSA) is 399 Å². The van der Waals surface area contributed by atoms with Gasteiger partial charge in [-0.15, -0.1) is 0 Å². The summed E-state index contributed by atoms with van der Waals surface area (Å²) >= 11 is 29.0. The number of benzene rings is 15. The van der Waals surface area contributed by atoms with Gasteiger partial charge in [-0.3, -0.25) is 24.0 Å². The fourth-order valence-corrected chi connectivity index (χ4v) is 13.0. The minimum atomic E-state index is -0.479. The molecule has 15 aromatic carbocycles. The summed E-state index contributed by atoms with van der Waals surface area (Å²) in [7, 11) is 1.60. The molecule has 0 spiro atoms. The number of phenols is 6. The molecule has 0 saturated heterocycles. The summed E-state index contributed by atoms with van der Waals surface area (Å²) in [6.45, 7) is 0.126. The van der Waals surface area contributed by atoms with Crippen molar-refractivity contribution in [2.45, 2.75) is 0 Å². The molecule has 15 aromatic rings. The maximum atomic E-state index is 12.2. The summed E-state index contributed by atoms with van der Waals surface area (Å²) in [6.07, 6.45) is 7.51. The molecule has 32 heteroatoms. The van der Waals surface area contributed by atoms with Crippen LogP contribution in [0, 0.1) is 11.3 Å². The van der Waals surface area contributed by atoms with E-state index in [0.29, 0.717) is 45.4 Å². The lowest BCUT2D eigenvalue weighted by molar-refractivity contribution is 0.0947. The van der Waals surface area contributed by atoms with Crippen LogP contribution < -0.4 is 50.8 Å². The zero-order valence-corrected chi connectivity index (χ0v) is 70.6.